The maximum Gasteiger partial charge on any atom is 0.132 e. The summed E-state index contributed by atoms with van der Waals surface area (Å²) in [6.45, 7) is 4.20. The number of hydrogen-bond acceptors (Lipinski definition) is 3. The molecule has 14 heavy (non-hydrogen) atoms. The summed E-state index contributed by atoms with van der Waals surface area (Å²) in [6, 6.07) is 1.95. The summed E-state index contributed by atoms with van der Waals surface area (Å²) in [5, 5.41) is 3.44. The highest BCUT2D eigenvalue weighted by Gasteiger charge is 2.16. The molecule has 1 aliphatic rings. The zero-order valence-electron chi connectivity index (χ0n) is 8.66. The Morgan fingerprint density at radius 3 is 3.21 bits per heavy atom. The highest BCUT2D eigenvalue weighted by molar-refractivity contribution is 5.04. The second-order valence-electron chi connectivity index (χ2n) is 3.95. The van der Waals surface area contributed by atoms with Gasteiger partial charge >= 0.3 is 0 Å². The van der Waals surface area contributed by atoms with Gasteiger partial charge in [0, 0.05) is 24.4 Å². The van der Waals surface area contributed by atoms with Gasteiger partial charge in [-0.1, -0.05) is 6.42 Å². The molecule has 0 aromatic carbocycles. The first-order valence-electron chi connectivity index (χ1n) is 5.36. The van der Waals surface area contributed by atoms with E-state index in [4.69, 9.17) is 0 Å². The number of rotatable bonds is 1. The molecule has 3 heteroatoms. The van der Waals surface area contributed by atoms with E-state index in [1.54, 1.807) is 0 Å². The van der Waals surface area contributed by atoms with Crippen LogP contribution in [0.1, 0.15) is 36.7 Å². The van der Waals surface area contributed by atoms with Crippen molar-refractivity contribution in [3.05, 3.63) is 23.8 Å². The zero-order chi connectivity index (χ0) is 9.80. The second kappa shape index (κ2) is 4.51. The molecule has 2 rings (SSSR count). The van der Waals surface area contributed by atoms with E-state index in [1.807, 2.05) is 19.2 Å². The monoisotopic (exact) mass is 191 g/mol. The van der Waals surface area contributed by atoms with Gasteiger partial charge in [-0.15, -0.1) is 0 Å². The molecule has 3 nitrogen and oxygen atoms in total. The van der Waals surface area contributed by atoms with E-state index in [0.717, 1.165) is 24.6 Å². The summed E-state index contributed by atoms with van der Waals surface area (Å²) in [5.74, 6) is 1.52. The van der Waals surface area contributed by atoms with Crippen molar-refractivity contribution in [3.63, 3.8) is 0 Å². The molecule has 1 fully saturated rings. The molecule has 2 heterocycles. The van der Waals surface area contributed by atoms with Crippen LogP contribution < -0.4 is 5.32 Å². The number of aromatic nitrogens is 2. The van der Waals surface area contributed by atoms with Gasteiger partial charge in [-0.2, -0.15) is 0 Å². The number of nitrogens with one attached hydrogen (secondary N) is 1. The van der Waals surface area contributed by atoms with Gasteiger partial charge in [0.2, 0.25) is 0 Å². The topological polar surface area (TPSA) is 37.8 Å². The summed E-state index contributed by atoms with van der Waals surface area (Å²) in [5.41, 5.74) is 1.07. The van der Waals surface area contributed by atoms with E-state index in [0.29, 0.717) is 5.92 Å². The largest absolute Gasteiger partial charge is 0.316 e. The van der Waals surface area contributed by atoms with Gasteiger partial charge < -0.3 is 5.32 Å². The van der Waals surface area contributed by atoms with Crippen molar-refractivity contribution in [2.45, 2.75) is 32.1 Å². The zero-order valence-corrected chi connectivity index (χ0v) is 8.66. The van der Waals surface area contributed by atoms with Crippen molar-refractivity contribution >= 4 is 0 Å². The Morgan fingerprint density at radius 2 is 2.36 bits per heavy atom. The quantitative estimate of drug-likeness (QED) is 0.733. The predicted molar refractivity (Wildman–Crippen MR) is 56.2 cm³/mol. The van der Waals surface area contributed by atoms with Gasteiger partial charge in [0.05, 0.1) is 0 Å². The smallest absolute Gasteiger partial charge is 0.132 e. The van der Waals surface area contributed by atoms with Crippen LogP contribution in [0.15, 0.2) is 12.3 Å². The first kappa shape index (κ1) is 9.59. The summed E-state index contributed by atoms with van der Waals surface area (Å²) in [6.07, 6.45) is 5.65. The number of hydrogen-bond donors (Lipinski definition) is 1. The summed E-state index contributed by atoms with van der Waals surface area (Å²) in [4.78, 5) is 8.84. The lowest BCUT2D eigenvalue weighted by Crippen LogP contribution is -2.20. The van der Waals surface area contributed by atoms with Crippen LogP contribution in [0.4, 0.5) is 0 Å². The number of aryl methyl sites for hydroxylation is 1. The normalized spacial score (nSPS) is 23.1. The minimum absolute atomic E-state index is 0.511. The summed E-state index contributed by atoms with van der Waals surface area (Å²) in [7, 11) is 0. The molecule has 0 spiro atoms. The molecular formula is C11H17N3. The maximum absolute atomic E-state index is 4.49. The molecule has 1 saturated heterocycles. The Labute approximate surface area is 85.0 Å². The number of nitrogens with zero attached hydrogens (tertiary/aromatic N) is 2. The van der Waals surface area contributed by atoms with Crippen LogP contribution in [0.25, 0.3) is 0 Å². The predicted octanol–water partition coefficient (Wildman–Crippen LogP) is 1.64. The van der Waals surface area contributed by atoms with Crippen molar-refractivity contribution in [3.8, 4) is 0 Å². The molecule has 0 bridgehead atoms. The second-order valence-corrected chi connectivity index (χ2v) is 3.95. The third kappa shape index (κ3) is 2.29. The van der Waals surface area contributed by atoms with Crippen LogP contribution in [0.5, 0.6) is 0 Å². The lowest BCUT2D eigenvalue weighted by atomic mass is 10.0. The molecule has 1 aromatic rings. The van der Waals surface area contributed by atoms with Gasteiger partial charge in [0.1, 0.15) is 5.82 Å². The maximum atomic E-state index is 4.49. The molecule has 0 radical (unpaired) electrons. The Bertz CT molecular complexity index is 290. The molecule has 0 amide bonds. The molecule has 0 saturated carbocycles. The molecular weight excluding hydrogens is 174 g/mol. The van der Waals surface area contributed by atoms with Gasteiger partial charge in [-0.25, -0.2) is 9.97 Å². The highest BCUT2D eigenvalue weighted by Crippen LogP contribution is 2.19. The van der Waals surface area contributed by atoms with Gasteiger partial charge in [0.15, 0.2) is 0 Å². The molecule has 0 aliphatic carbocycles. The van der Waals surface area contributed by atoms with E-state index in [1.165, 1.54) is 19.3 Å². The highest BCUT2D eigenvalue weighted by atomic mass is 14.9. The SMILES string of the molecule is Cc1ccnc(C2CCCCNC2)n1. The first-order valence-corrected chi connectivity index (χ1v) is 5.36. The van der Waals surface area contributed by atoms with Crippen molar-refractivity contribution in [1.82, 2.24) is 15.3 Å². The standard InChI is InChI=1S/C11H17N3/c1-9-5-7-13-11(14-9)10-4-2-3-6-12-8-10/h5,7,10,12H,2-4,6,8H2,1H3. The molecule has 76 valence electrons. The summed E-state index contributed by atoms with van der Waals surface area (Å²) >= 11 is 0. The lowest BCUT2D eigenvalue weighted by molar-refractivity contribution is 0.576. The van der Waals surface area contributed by atoms with Gasteiger partial charge in [-0.3, -0.25) is 0 Å². The van der Waals surface area contributed by atoms with Crippen molar-refractivity contribution in [2.75, 3.05) is 13.1 Å². The van der Waals surface area contributed by atoms with Crippen LogP contribution in [-0.4, -0.2) is 23.1 Å². The first-order chi connectivity index (χ1) is 6.86. The van der Waals surface area contributed by atoms with Gasteiger partial charge in [0.25, 0.3) is 0 Å². The van der Waals surface area contributed by atoms with Crippen LogP contribution in [0, 0.1) is 6.92 Å². The lowest BCUT2D eigenvalue weighted by Gasteiger charge is -2.12. The molecule has 1 N–H and O–H groups in total. The van der Waals surface area contributed by atoms with Crippen molar-refractivity contribution < 1.29 is 0 Å². The Balaban J connectivity index is 2.12. The third-order valence-electron chi connectivity index (χ3n) is 2.73. The fourth-order valence-electron chi connectivity index (χ4n) is 1.90. The Hall–Kier alpha value is -0.960. The van der Waals surface area contributed by atoms with Crippen LogP contribution in [0.2, 0.25) is 0 Å². The summed E-state index contributed by atoms with van der Waals surface area (Å²) < 4.78 is 0. The average molecular weight is 191 g/mol. The average Bonchev–Trinajstić information content (AvgIpc) is 2.45. The Kier molecular flexibility index (Phi) is 3.09. The third-order valence-corrected chi connectivity index (χ3v) is 2.73. The van der Waals surface area contributed by atoms with E-state index in [9.17, 15) is 0 Å². The van der Waals surface area contributed by atoms with E-state index >= 15 is 0 Å². The molecule has 1 aliphatic heterocycles. The molecule has 1 aromatic heterocycles. The fourth-order valence-corrected chi connectivity index (χ4v) is 1.90. The van der Waals surface area contributed by atoms with Crippen LogP contribution >= 0.6 is 0 Å². The van der Waals surface area contributed by atoms with Crippen molar-refractivity contribution in [1.29, 1.82) is 0 Å². The van der Waals surface area contributed by atoms with Crippen molar-refractivity contribution in [2.24, 2.45) is 0 Å². The minimum Gasteiger partial charge on any atom is -0.316 e. The van der Waals surface area contributed by atoms with E-state index < -0.39 is 0 Å². The minimum atomic E-state index is 0.511. The van der Waals surface area contributed by atoms with E-state index in [-0.39, 0.29) is 0 Å². The van der Waals surface area contributed by atoms with Crippen LogP contribution in [0.3, 0.4) is 0 Å². The molecule has 1 atom stereocenters. The molecule has 1 unspecified atom stereocenters. The van der Waals surface area contributed by atoms with E-state index in [2.05, 4.69) is 15.3 Å². The van der Waals surface area contributed by atoms with Gasteiger partial charge in [-0.05, 0) is 32.4 Å². The fraction of sp³-hybridized carbons (Fsp3) is 0.636. The van der Waals surface area contributed by atoms with Crippen LogP contribution in [-0.2, 0) is 0 Å². The Morgan fingerprint density at radius 1 is 1.43 bits per heavy atom.